The van der Waals surface area contributed by atoms with Gasteiger partial charge in [-0.25, -0.2) is 4.79 Å². The van der Waals surface area contributed by atoms with E-state index < -0.39 is 30.0 Å². The number of alkyl carbamates (subject to hydrolysis) is 1. The van der Waals surface area contributed by atoms with Crippen molar-refractivity contribution in [2.75, 3.05) is 0 Å². The molecular weight excluding hydrogens is 382 g/mol. The lowest BCUT2D eigenvalue weighted by Crippen LogP contribution is -2.53. The number of rotatable bonds is 10. The Hall–Kier alpha value is -3.61. The summed E-state index contributed by atoms with van der Waals surface area (Å²) in [6, 6.07) is 16.6. The molecule has 3 amide bonds. The third-order valence-electron chi connectivity index (χ3n) is 4.32. The van der Waals surface area contributed by atoms with Crippen molar-refractivity contribution in [2.24, 2.45) is 5.73 Å². The van der Waals surface area contributed by atoms with Gasteiger partial charge in [0.25, 0.3) is 0 Å². The molecular formula is C23H27N3O4. The summed E-state index contributed by atoms with van der Waals surface area (Å²) in [6.45, 7) is 5.56. The van der Waals surface area contributed by atoms with Gasteiger partial charge in [0, 0.05) is 6.42 Å². The summed E-state index contributed by atoms with van der Waals surface area (Å²) in [4.78, 5) is 36.8. The highest BCUT2D eigenvalue weighted by Crippen LogP contribution is 2.07. The van der Waals surface area contributed by atoms with Gasteiger partial charge in [-0.15, -0.1) is 6.58 Å². The molecule has 0 aliphatic heterocycles. The summed E-state index contributed by atoms with van der Waals surface area (Å²) in [6.07, 6.45) is -0.283. The number of carbonyl (C=O) groups is 3. The van der Waals surface area contributed by atoms with Crippen molar-refractivity contribution >= 4 is 17.9 Å². The minimum Gasteiger partial charge on any atom is -0.445 e. The lowest BCUT2D eigenvalue weighted by molar-refractivity contribution is -0.128. The molecule has 0 fully saturated rings. The second-order valence-electron chi connectivity index (χ2n) is 7.07. The minimum absolute atomic E-state index is 0.0753. The summed E-state index contributed by atoms with van der Waals surface area (Å²) in [5.74, 6) is -1.20. The van der Waals surface area contributed by atoms with E-state index in [-0.39, 0.29) is 19.4 Å². The van der Waals surface area contributed by atoms with Gasteiger partial charge in [-0.1, -0.05) is 66.2 Å². The van der Waals surface area contributed by atoms with Crippen molar-refractivity contribution in [3.8, 4) is 0 Å². The molecule has 2 rings (SSSR count). The highest BCUT2D eigenvalue weighted by molar-refractivity contribution is 5.91. The number of nitrogens with one attached hydrogen (secondary N) is 2. The highest BCUT2D eigenvalue weighted by Gasteiger charge is 2.26. The molecule has 158 valence electrons. The smallest absolute Gasteiger partial charge is 0.408 e. The van der Waals surface area contributed by atoms with Gasteiger partial charge in [0.05, 0.1) is 0 Å². The summed E-state index contributed by atoms with van der Waals surface area (Å²) in [5, 5.41) is 5.19. The molecule has 2 atom stereocenters. The molecule has 0 heterocycles. The lowest BCUT2D eigenvalue weighted by Gasteiger charge is -2.22. The molecule has 0 spiro atoms. The minimum atomic E-state index is -0.942. The predicted octanol–water partition coefficient (Wildman–Crippen LogP) is 2.46. The SMILES string of the molecule is C=C(C)C[C@@H](NC(=O)[C@@H](Cc1ccccc1)NC(=O)OCc1ccccc1)C(N)=O. The maximum atomic E-state index is 12.8. The van der Waals surface area contributed by atoms with Crippen molar-refractivity contribution < 1.29 is 19.1 Å². The zero-order valence-electron chi connectivity index (χ0n) is 17.0. The molecule has 0 saturated heterocycles. The monoisotopic (exact) mass is 409 g/mol. The molecule has 4 N–H and O–H groups in total. The first-order chi connectivity index (χ1) is 14.3. The Kier molecular flexibility index (Phi) is 8.62. The van der Waals surface area contributed by atoms with Gasteiger partial charge in [0.1, 0.15) is 18.7 Å². The van der Waals surface area contributed by atoms with E-state index in [2.05, 4.69) is 17.2 Å². The van der Waals surface area contributed by atoms with Crippen LogP contribution in [0.3, 0.4) is 0 Å². The zero-order valence-corrected chi connectivity index (χ0v) is 17.0. The number of primary amides is 1. The molecule has 0 saturated carbocycles. The van der Waals surface area contributed by atoms with Crippen LogP contribution in [-0.4, -0.2) is 30.0 Å². The van der Waals surface area contributed by atoms with Crippen molar-refractivity contribution in [2.45, 2.75) is 38.5 Å². The van der Waals surface area contributed by atoms with Crippen LogP contribution in [-0.2, 0) is 27.4 Å². The number of nitrogens with two attached hydrogens (primary N) is 1. The first kappa shape index (κ1) is 22.7. The number of carbonyl (C=O) groups excluding carboxylic acids is 3. The van der Waals surface area contributed by atoms with Gasteiger partial charge in [-0.05, 0) is 24.5 Å². The molecule has 2 aromatic carbocycles. The second kappa shape index (κ2) is 11.4. The van der Waals surface area contributed by atoms with E-state index in [4.69, 9.17) is 10.5 Å². The largest absolute Gasteiger partial charge is 0.445 e. The maximum absolute atomic E-state index is 12.8. The summed E-state index contributed by atoms with van der Waals surface area (Å²) in [5.41, 5.74) is 7.77. The molecule has 0 aliphatic rings. The molecule has 2 aromatic rings. The zero-order chi connectivity index (χ0) is 21.9. The molecule has 0 unspecified atom stereocenters. The van der Waals surface area contributed by atoms with Gasteiger partial charge in [0.15, 0.2) is 0 Å². The van der Waals surface area contributed by atoms with Crippen molar-refractivity contribution in [1.82, 2.24) is 10.6 Å². The van der Waals surface area contributed by atoms with Gasteiger partial charge in [0.2, 0.25) is 11.8 Å². The first-order valence-corrected chi connectivity index (χ1v) is 9.60. The fraction of sp³-hybridized carbons (Fsp3) is 0.261. The number of benzene rings is 2. The van der Waals surface area contributed by atoms with Crippen LogP contribution in [0.25, 0.3) is 0 Å². The third kappa shape index (κ3) is 7.79. The molecule has 0 radical (unpaired) electrons. The normalized spacial score (nSPS) is 12.3. The Morgan fingerprint density at radius 3 is 2.03 bits per heavy atom. The Morgan fingerprint density at radius 1 is 0.933 bits per heavy atom. The van der Waals surface area contributed by atoms with Crippen LogP contribution < -0.4 is 16.4 Å². The van der Waals surface area contributed by atoms with Crippen LogP contribution >= 0.6 is 0 Å². The van der Waals surface area contributed by atoms with Crippen molar-refractivity contribution in [3.63, 3.8) is 0 Å². The fourth-order valence-corrected chi connectivity index (χ4v) is 2.81. The third-order valence-corrected chi connectivity index (χ3v) is 4.32. The number of amides is 3. The van der Waals surface area contributed by atoms with E-state index in [1.807, 2.05) is 60.7 Å². The van der Waals surface area contributed by atoms with E-state index in [1.165, 1.54) is 0 Å². The van der Waals surface area contributed by atoms with Crippen LogP contribution in [0.15, 0.2) is 72.8 Å². The van der Waals surface area contributed by atoms with Crippen molar-refractivity contribution in [3.05, 3.63) is 83.9 Å². The molecule has 30 heavy (non-hydrogen) atoms. The second-order valence-corrected chi connectivity index (χ2v) is 7.07. The summed E-state index contributed by atoms with van der Waals surface area (Å²) in [7, 11) is 0. The molecule has 0 aliphatic carbocycles. The van der Waals surface area contributed by atoms with Gasteiger partial charge in [-0.3, -0.25) is 9.59 Å². The summed E-state index contributed by atoms with van der Waals surface area (Å²) < 4.78 is 5.23. The van der Waals surface area contributed by atoms with Gasteiger partial charge >= 0.3 is 6.09 Å². The number of hydrogen-bond acceptors (Lipinski definition) is 4. The Morgan fingerprint density at radius 2 is 1.50 bits per heavy atom. The number of hydrogen-bond donors (Lipinski definition) is 3. The average Bonchev–Trinajstić information content (AvgIpc) is 2.72. The van der Waals surface area contributed by atoms with Crippen LogP contribution in [0.4, 0.5) is 4.79 Å². The number of ether oxygens (including phenoxy) is 1. The average molecular weight is 409 g/mol. The summed E-state index contributed by atoms with van der Waals surface area (Å²) >= 11 is 0. The van der Waals surface area contributed by atoms with Gasteiger partial charge in [-0.2, -0.15) is 0 Å². The lowest BCUT2D eigenvalue weighted by atomic mass is 10.0. The molecule has 7 nitrogen and oxygen atoms in total. The highest BCUT2D eigenvalue weighted by atomic mass is 16.5. The maximum Gasteiger partial charge on any atom is 0.408 e. The predicted molar refractivity (Wildman–Crippen MR) is 114 cm³/mol. The van der Waals surface area contributed by atoms with E-state index in [0.29, 0.717) is 5.57 Å². The molecule has 0 bridgehead atoms. The van der Waals surface area contributed by atoms with Crippen molar-refractivity contribution in [1.29, 1.82) is 0 Å². The molecule has 7 heteroatoms. The van der Waals surface area contributed by atoms with Gasteiger partial charge < -0.3 is 21.1 Å². The van der Waals surface area contributed by atoms with Crippen LogP contribution in [0, 0.1) is 0 Å². The Labute approximate surface area is 176 Å². The standard InChI is InChI=1S/C23H27N3O4/c1-16(2)13-19(21(24)27)25-22(28)20(14-17-9-5-3-6-10-17)26-23(29)30-15-18-11-7-4-8-12-18/h3-12,19-20H,1,13-15H2,2H3,(H2,24,27)(H,25,28)(H,26,29)/t19-,20-/m1/s1. The topological polar surface area (TPSA) is 111 Å². The van der Waals surface area contributed by atoms with Crippen LogP contribution in [0.2, 0.25) is 0 Å². The Balaban J connectivity index is 2.06. The van der Waals surface area contributed by atoms with E-state index in [9.17, 15) is 14.4 Å². The first-order valence-electron chi connectivity index (χ1n) is 9.60. The fourth-order valence-electron chi connectivity index (χ4n) is 2.81. The Bertz CT molecular complexity index is 869. The van der Waals surface area contributed by atoms with E-state index >= 15 is 0 Å². The van der Waals surface area contributed by atoms with Crippen LogP contribution in [0.5, 0.6) is 0 Å². The van der Waals surface area contributed by atoms with E-state index in [0.717, 1.165) is 11.1 Å². The van der Waals surface area contributed by atoms with E-state index in [1.54, 1.807) is 6.92 Å². The van der Waals surface area contributed by atoms with Crippen LogP contribution in [0.1, 0.15) is 24.5 Å². The quantitative estimate of drug-likeness (QED) is 0.524. The molecule has 0 aromatic heterocycles.